The smallest absolute Gasteiger partial charge is 0.353 e. The van der Waals surface area contributed by atoms with Gasteiger partial charge in [-0.15, -0.1) is 11.3 Å². The number of benzene rings is 2. The van der Waals surface area contributed by atoms with Gasteiger partial charge in [0.05, 0.1) is 12.0 Å². The van der Waals surface area contributed by atoms with E-state index in [9.17, 15) is 18.0 Å². The molecule has 0 unspecified atom stereocenters. The van der Waals surface area contributed by atoms with Crippen molar-refractivity contribution in [2.75, 3.05) is 13.1 Å². The lowest BCUT2D eigenvalue weighted by molar-refractivity contribution is -0.137. The Bertz CT molecular complexity index is 1020. The molecule has 4 rings (SSSR count). The van der Waals surface area contributed by atoms with Crippen LogP contribution in [0.5, 0.6) is 0 Å². The first-order valence-corrected chi connectivity index (χ1v) is 11.6. The molecule has 7 heteroatoms. The van der Waals surface area contributed by atoms with Crippen LogP contribution >= 0.6 is 11.3 Å². The maximum Gasteiger partial charge on any atom is 0.416 e. The number of piperidine rings is 1. The molecule has 1 aromatic heterocycles. The average Bonchev–Trinajstić information content (AvgIpc) is 3.30. The van der Waals surface area contributed by atoms with Gasteiger partial charge in [-0.25, -0.2) is 0 Å². The van der Waals surface area contributed by atoms with Crippen molar-refractivity contribution in [2.24, 2.45) is 0 Å². The van der Waals surface area contributed by atoms with Crippen molar-refractivity contribution >= 4 is 17.2 Å². The highest BCUT2D eigenvalue weighted by Crippen LogP contribution is 2.29. The summed E-state index contributed by atoms with van der Waals surface area (Å²) in [6.07, 6.45) is -2.54. The van der Waals surface area contributed by atoms with Gasteiger partial charge in [-0.05, 0) is 59.2 Å². The molecule has 0 radical (unpaired) electrons. The third-order valence-electron chi connectivity index (χ3n) is 5.74. The van der Waals surface area contributed by atoms with Gasteiger partial charge in [-0.2, -0.15) is 13.2 Å². The van der Waals surface area contributed by atoms with Gasteiger partial charge in [0.25, 0.3) is 0 Å². The average molecular weight is 459 g/mol. The number of carbonyl (C=O) groups is 1. The van der Waals surface area contributed by atoms with E-state index in [1.165, 1.54) is 28.1 Å². The predicted molar refractivity (Wildman–Crippen MR) is 121 cm³/mol. The van der Waals surface area contributed by atoms with Gasteiger partial charge in [0.2, 0.25) is 5.91 Å². The monoisotopic (exact) mass is 458 g/mol. The van der Waals surface area contributed by atoms with E-state index >= 15 is 0 Å². The Balaban J connectivity index is 1.23. The number of hydrogen-bond acceptors (Lipinski definition) is 3. The van der Waals surface area contributed by atoms with Crippen LogP contribution in [0, 0.1) is 0 Å². The minimum Gasteiger partial charge on any atom is -0.353 e. The molecule has 0 aliphatic carbocycles. The Morgan fingerprint density at radius 3 is 2.41 bits per heavy atom. The number of likely N-dealkylation sites (tertiary alicyclic amines) is 1. The van der Waals surface area contributed by atoms with Gasteiger partial charge in [0, 0.05) is 30.6 Å². The number of rotatable bonds is 6. The number of hydrogen-bond donors (Lipinski definition) is 1. The first kappa shape index (κ1) is 22.6. The minimum absolute atomic E-state index is 0.0911. The molecule has 0 spiro atoms. The van der Waals surface area contributed by atoms with Crippen LogP contribution in [0.2, 0.25) is 0 Å². The standard InChI is InChI=1S/C25H25F3N2OS/c26-25(27,28)21-8-6-18(7-9-21)16-24(31)29-22-10-12-30(13-11-22)17-19-3-1-4-20(15-19)23-5-2-14-32-23/h1-9,14-15,22H,10-13,16-17H2,(H,29,31). The summed E-state index contributed by atoms with van der Waals surface area (Å²) in [6, 6.07) is 17.7. The fourth-order valence-corrected chi connectivity index (χ4v) is 4.76. The number of alkyl halides is 3. The van der Waals surface area contributed by atoms with Gasteiger partial charge in [0.15, 0.2) is 0 Å². The predicted octanol–water partition coefficient (Wildman–Crippen LogP) is 5.76. The first-order chi connectivity index (χ1) is 15.4. The molecule has 1 N–H and O–H groups in total. The fourth-order valence-electron chi connectivity index (χ4n) is 4.04. The van der Waals surface area contributed by atoms with Gasteiger partial charge in [0.1, 0.15) is 0 Å². The number of carbonyl (C=O) groups excluding carboxylic acids is 1. The van der Waals surface area contributed by atoms with E-state index in [4.69, 9.17) is 0 Å². The van der Waals surface area contributed by atoms with Crippen LogP contribution in [0.3, 0.4) is 0 Å². The second-order valence-corrected chi connectivity index (χ2v) is 9.11. The number of nitrogens with one attached hydrogen (secondary N) is 1. The second kappa shape index (κ2) is 9.88. The van der Waals surface area contributed by atoms with Crippen molar-refractivity contribution in [3.8, 4) is 10.4 Å². The van der Waals surface area contributed by atoms with E-state index in [1.807, 2.05) is 0 Å². The Hall–Kier alpha value is -2.64. The zero-order valence-corrected chi connectivity index (χ0v) is 18.4. The molecule has 168 valence electrons. The van der Waals surface area contributed by atoms with Crippen LogP contribution < -0.4 is 5.32 Å². The lowest BCUT2D eigenvalue weighted by Crippen LogP contribution is -2.44. The Morgan fingerprint density at radius 1 is 1.00 bits per heavy atom. The van der Waals surface area contributed by atoms with Gasteiger partial charge < -0.3 is 5.32 Å². The molecule has 2 aromatic carbocycles. The van der Waals surface area contributed by atoms with Gasteiger partial charge in [-0.1, -0.05) is 36.4 Å². The molecule has 1 amide bonds. The van der Waals surface area contributed by atoms with E-state index in [-0.39, 0.29) is 18.4 Å². The molecule has 1 aliphatic heterocycles. The number of halogens is 3. The van der Waals surface area contributed by atoms with Crippen molar-refractivity contribution in [1.29, 1.82) is 0 Å². The van der Waals surface area contributed by atoms with E-state index in [0.717, 1.165) is 44.6 Å². The minimum atomic E-state index is -4.36. The Labute approximate surface area is 189 Å². The van der Waals surface area contributed by atoms with E-state index in [0.29, 0.717) is 5.56 Å². The summed E-state index contributed by atoms with van der Waals surface area (Å²) in [5.74, 6) is -0.146. The largest absolute Gasteiger partial charge is 0.416 e. The van der Waals surface area contributed by atoms with Crippen LogP contribution in [-0.2, 0) is 23.9 Å². The van der Waals surface area contributed by atoms with Crippen LogP contribution in [0.1, 0.15) is 29.5 Å². The summed E-state index contributed by atoms with van der Waals surface area (Å²) < 4.78 is 38.0. The normalized spacial score (nSPS) is 15.6. The fraction of sp³-hybridized carbons (Fsp3) is 0.320. The maximum absolute atomic E-state index is 12.7. The topological polar surface area (TPSA) is 32.3 Å². The summed E-state index contributed by atoms with van der Waals surface area (Å²) in [7, 11) is 0. The first-order valence-electron chi connectivity index (χ1n) is 10.7. The molecule has 0 atom stereocenters. The third kappa shape index (κ3) is 5.99. The molecule has 0 bridgehead atoms. The highest BCUT2D eigenvalue weighted by Gasteiger charge is 2.30. The SMILES string of the molecule is O=C(Cc1ccc(C(F)(F)F)cc1)NC1CCN(Cc2cccc(-c3cccs3)c2)CC1. The molecular weight excluding hydrogens is 433 g/mol. The number of nitrogens with zero attached hydrogens (tertiary/aromatic N) is 1. The summed E-state index contributed by atoms with van der Waals surface area (Å²) in [4.78, 5) is 16.0. The molecule has 3 aromatic rings. The van der Waals surface area contributed by atoms with Crippen molar-refractivity contribution in [3.63, 3.8) is 0 Å². The van der Waals surface area contributed by atoms with Crippen LogP contribution in [0.4, 0.5) is 13.2 Å². The van der Waals surface area contributed by atoms with Gasteiger partial charge >= 0.3 is 6.18 Å². The lowest BCUT2D eigenvalue weighted by Gasteiger charge is -2.32. The highest BCUT2D eigenvalue weighted by molar-refractivity contribution is 7.13. The second-order valence-electron chi connectivity index (χ2n) is 8.17. The zero-order valence-electron chi connectivity index (χ0n) is 17.6. The maximum atomic E-state index is 12.7. The third-order valence-corrected chi connectivity index (χ3v) is 6.66. The summed E-state index contributed by atoms with van der Waals surface area (Å²) in [5.41, 5.74) is 2.40. The lowest BCUT2D eigenvalue weighted by atomic mass is 10.0. The van der Waals surface area contributed by atoms with Crippen molar-refractivity contribution in [2.45, 2.75) is 38.0 Å². The van der Waals surface area contributed by atoms with Crippen molar-refractivity contribution in [3.05, 3.63) is 82.7 Å². The molecule has 1 saturated heterocycles. The molecule has 1 aliphatic rings. The molecule has 2 heterocycles. The van der Waals surface area contributed by atoms with E-state index in [2.05, 4.69) is 52.0 Å². The van der Waals surface area contributed by atoms with E-state index in [1.54, 1.807) is 11.3 Å². The van der Waals surface area contributed by atoms with Crippen LogP contribution in [-0.4, -0.2) is 29.9 Å². The number of thiophene rings is 1. The zero-order chi connectivity index (χ0) is 22.6. The quantitative estimate of drug-likeness (QED) is 0.510. The number of amides is 1. The van der Waals surface area contributed by atoms with Crippen molar-refractivity contribution < 1.29 is 18.0 Å². The Morgan fingerprint density at radius 2 is 1.75 bits per heavy atom. The molecule has 1 fully saturated rings. The van der Waals surface area contributed by atoms with Crippen LogP contribution in [0.15, 0.2) is 66.0 Å². The highest BCUT2D eigenvalue weighted by atomic mass is 32.1. The molecule has 3 nitrogen and oxygen atoms in total. The molecule has 0 saturated carbocycles. The molecular formula is C25H25F3N2OS. The summed E-state index contributed by atoms with van der Waals surface area (Å²) in [5, 5.41) is 5.12. The van der Waals surface area contributed by atoms with Gasteiger partial charge in [-0.3, -0.25) is 9.69 Å². The summed E-state index contributed by atoms with van der Waals surface area (Å²) in [6.45, 7) is 2.67. The van der Waals surface area contributed by atoms with Crippen molar-refractivity contribution in [1.82, 2.24) is 10.2 Å². The molecule has 32 heavy (non-hydrogen) atoms. The summed E-state index contributed by atoms with van der Waals surface area (Å²) >= 11 is 1.74. The Kier molecular flexibility index (Phi) is 6.96. The van der Waals surface area contributed by atoms with Crippen LogP contribution in [0.25, 0.3) is 10.4 Å². The van der Waals surface area contributed by atoms with E-state index < -0.39 is 11.7 Å².